The van der Waals surface area contributed by atoms with Crippen LogP contribution in [0.4, 0.5) is 18.0 Å². The van der Waals surface area contributed by atoms with E-state index < -0.39 is 25.0 Å². The van der Waals surface area contributed by atoms with E-state index in [0.29, 0.717) is 36.7 Å². The summed E-state index contributed by atoms with van der Waals surface area (Å²) in [5.41, 5.74) is 0.307. The van der Waals surface area contributed by atoms with Gasteiger partial charge in [0, 0.05) is 39.3 Å². The molecule has 1 aromatic carbocycles. The Morgan fingerprint density at radius 1 is 1.16 bits per heavy atom. The van der Waals surface area contributed by atoms with E-state index in [1.165, 1.54) is 12.0 Å². The van der Waals surface area contributed by atoms with Crippen molar-refractivity contribution in [2.45, 2.75) is 50.2 Å². The topological polar surface area (TPSA) is 69.7 Å². The molecular formula is C26H37F3N2O6. The summed E-state index contributed by atoms with van der Waals surface area (Å²) in [5.74, 6) is 1.16. The number of halogens is 3. The van der Waals surface area contributed by atoms with E-state index in [1.54, 1.807) is 24.3 Å². The monoisotopic (exact) mass is 530 g/mol. The third kappa shape index (κ3) is 7.95. The smallest absolute Gasteiger partial charge is 0.427 e. The molecule has 3 saturated heterocycles. The third-order valence-electron chi connectivity index (χ3n) is 7.34. The number of nitrogens with zero attached hydrogens (tertiary/aromatic N) is 2. The van der Waals surface area contributed by atoms with Gasteiger partial charge in [0.1, 0.15) is 5.75 Å². The summed E-state index contributed by atoms with van der Waals surface area (Å²) < 4.78 is 67.6. The molecule has 1 amide bonds. The van der Waals surface area contributed by atoms with Crippen LogP contribution in [0.1, 0.15) is 31.2 Å². The number of methoxy groups -OCH3 is 1. The molecule has 37 heavy (non-hydrogen) atoms. The average molecular weight is 531 g/mol. The number of likely N-dealkylation sites (tertiary alicyclic amines) is 1. The molecule has 3 aliphatic heterocycles. The van der Waals surface area contributed by atoms with Gasteiger partial charge in [0.15, 0.2) is 0 Å². The molecule has 4 rings (SSSR count). The Labute approximate surface area is 215 Å². The van der Waals surface area contributed by atoms with Crippen molar-refractivity contribution in [3.63, 3.8) is 0 Å². The summed E-state index contributed by atoms with van der Waals surface area (Å²) in [6, 6.07) is 6.80. The fourth-order valence-corrected chi connectivity index (χ4v) is 5.19. The summed E-state index contributed by atoms with van der Waals surface area (Å²) in [4.78, 5) is 16.4. The Kier molecular flexibility index (Phi) is 9.55. The highest BCUT2D eigenvalue weighted by molar-refractivity contribution is 5.68. The lowest BCUT2D eigenvalue weighted by molar-refractivity contribution is -0.221. The van der Waals surface area contributed by atoms with E-state index >= 15 is 0 Å². The Balaban J connectivity index is 1.24. The third-order valence-corrected chi connectivity index (χ3v) is 7.34. The number of hydrogen-bond donors (Lipinski definition) is 0. The second-order valence-electron chi connectivity index (χ2n) is 10.1. The van der Waals surface area contributed by atoms with Gasteiger partial charge in [0.2, 0.25) is 6.10 Å². The highest BCUT2D eigenvalue weighted by Crippen LogP contribution is 2.32. The SMILES string of the molecule is COc1ccc(COCC(OC(=O)N2CCC3(CC2)CN(CC2CCCOC2)CCO3)C(F)(F)F)cc1. The van der Waals surface area contributed by atoms with Gasteiger partial charge in [-0.05, 0) is 49.3 Å². The summed E-state index contributed by atoms with van der Waals surface area (Å²) in [6.45, 7) is 4.56. The molecule has 8 nitrogen and oxygen atoms in total. The number of benzene rings is 1. The number of alkyl halides is 3. The molecule has 3 aliphatic rings. The van der Waals surface area contributed by atoms with Crippen LogP contribution in [0.2, 0.25) is 0 Å². The van der Waals surface area contributed by atoms with Crippen LogP contribution in [0, 0.1) is 5.92 Å². The summed E-state index contributed by atoms with van der Waals surface area (Å²) in [6.07, 6.45) is -4.68. The van der Waals surface area contributed by atoms with Crippen LogP contribution in [0.25, 0.3) is 0 Å². The Morgan fingerprint density at radius 2 is 1.92 bits per heavy atom. The maximum Gasteiger partial charge on any atom is 0.427 e. The van der Waals surface area contributed by atoms with Crippen molar-refractivity contribution in [3.05, 3.63) is 29.8 Å². The van der Waals surface area contributed by atoms with Crippen molar-refractivity contribution >= 4 is 6.09 Å². The number of morpholine rings is 1. The Bertz CT molecular complexity index is 855. The quantitative estimate of drug-likeness (QED) is 0.506. The molecule has 1 spiro atoms. The highest BCUT2D eigenvalue weighted by Gasteiger charge is 2.46. The second-order valence-corrected chi connectivity index (χ2v) is 10.1. The van der Waals surface area contributed by atoms with Gasteiger partial charge in [-0.15, -0.1) is 0 Å². The molecule has 0 bridgehead atoms. The number of hydrogen-bond acceptors (Lipinski definition) is 7. The highest BCUT2D eigenvalue weighted by atomic mass is 19.4. The summed E-state index contributed by atoms with van der Waals surface area (Å²) in [7, 11) is 1.53. The summed E-state index contributed by atoms with van der Waals surface area (Å²) >= 11 is 0. The van der Waals surface area contributed by atoms with E-state index in [0.717, 1.165) is 45.7 Å². The second kappa shape index (κ2) is 12.6. The lowest BCUT2D eigenvalue weighted by Crippen LogP contribution is -2.58. The van der Waals surface area contributed by atoms with Gasteiger partial charge in [-0.3, -0.25) is 4.90 Å². The standard InChI is InChI=1S/C26H37F3N2O6/c1-33-22-6-4-20(5-7-22)16-35-18-23(26(27,28)29)37-24(32)31-10-8-25(9-11-31)19-30(12-14-36-25)15-21-3-2-13-34-17-21/h4-7,21,23H,2-3,8-19H2,1H3. The zero-order chi connectivity index (χ0) is 26.3. The van der Waals surface area contributed by atoms with E-state index in [-0.39, 0.29) is 25.3 Å². The molecule has 208 valence electrons. The Hall–Kier alpha value is -2.08. The van der Waals surface area contributed by atoms with Crippen molar-refractivity contribution in [2.75, 3.05) is 66.3 Å². The molecule has 3 fully saturated rings. The largest absolute Gasteiger partial charge is 0.497 e. The van der Waals surface area contributed by atoms with Gasteiger partial charge in [-0.2, -0.15) is 13.2 Å². The Morgan fingerprint density at radius 3 is 2.57 bits per heavy atom. The maximum absolute atomic E-state index is 13.6. The van der Waals surface area contributed by atoms with Gasteiger partial charge >= 0.3 is 12.3 Å². The lowest BCUT2D eigenvalue weighted by Gasteiger charge is -2.47. The molecule has 11 heteroatoms. The van der Waals surface area contributed by atoms with Crippen LogP contribution in [-0.4, -0.2) is 100 Å². The van der Waals surface area contributed by atoms with Crippen LogP contribution in [0.5, 0.6) is 5.75 Å². The predicted octanol–water partition coefficient (Wildman–Crippen LogP) is 3.87. The molecule has 0 aromatic heterocycles. The molecule has 0 radical (unpaired) electrons. The van der Waals surface area contributed by atoms with Crippen molar-refractivity contribution in [3.8, 4) is 5.75 Å². The first-order valence-corrected chi connectivity index (χ1v) is 12.9. The molecule has 0 N–H and O–H groups in total. The summed E-state index contributed by atoms with van der Waals surface area (Å²) in [5, 5.41) is 0. The first kappa shape index (κ1) is 27.9. The number of amides is 1. The molecule has 2 atom stereocenters. The van der Waals surface area contributed by atoms with Gasteiger partial charge in [-0.25, -0.2) is 4.79 Å². The van der Waals surface area contributed by atoms with Crippen LogP contribution in [0.3, 0.4) is 0 Å². The average Bonchev–Trinajstić information content (AvgIpc) is 2.89. The molecule has 2 unspecified atom stereocenters. The maximum atomic E-state index is 13.6. The van der Waals surface area contributed by atoms with Crippen molar-refractivity contribution in [1.82, 2.24) is 9.80 Å². The van der Waals surface area contributed by atoms with Crippen molar-refractivity contribution in [2.24, 2.45) is 5.92 Å². The van der Waals surface area contributed by atoms with Crippen LogP contribution < -0.4 is 4.74 Å². The van der Waals surface area contributed by atoms with Gasteiger partial charge in [-0.1, -0.05) is 12.1 Å². The number of rotatable bonds is 8. The number of carbonyl (C=O) groups is 1. The predicted molar refractivity (Wildman–Crippen MR) is 128 cm³/mol. The first-order valence-electron chi connectivity index (χ1n) is 12.9. The van der Waals surface area contributed by atoms with Gasteiger partial charge < -0.3 is 28.6 Å². The van der Waals surface area contributed by atoms with E-state index in [9.17, 15) is 18.0 Å². The fourth-order valence-electron chi connectivity index (χ4n) is 5.19. The number of piperidine rings is 1. The van der Waals surface area contributed by atoms with Gasteiger partial charge in [0.25, 0.3) is 0 Å². The zero-order valence-corrected chi connectivity index (χ0v) is 21.3. The lowest BCUT2D eigenvalue weighted by atomic mass is 9.89. The molecule has 1 aromatic rings. The van der Waals surface area contributed by atoms with E-state index in [4.69, 9.17) is 23.7 Å². The van der Waals surface area contributed by atoms with Crippen molar-refractivity contribution < 1.29 is 41.7 Å². The molecular weight excluding hydrogens is 493 g/mol. The minimum absolute atomic E-state index is 0.0405. The zero-order valence-electron chi connectivity index (χ0n) is 21.3. The number of carbonyl (C=O) groups excluding carboxylic acids is 1. The molecule has 3 heterocycles. The number of ether oxygens (including phenoxy) is 5. The van der Waals surface area contributed by atoms with E-state index in [1.807, 2.05) is 0 Å². The fraction of sp³-hybridized carbons (Fsp3) is 0.731. The van der Waals surface area contributed by atoms with E-state index in [2.05, 4.69) is 4.90 Å². The normalized spacial score (nSPS) is 23.6. The molecule has 0 aliphatic carbocycles. The van der Waals surface area contributed by atoms with Crippen LogP contribution in [-0.2, 0) is 25.6 Å². The van der Waals surface area contributed by atoms with Gasteiger partial charge in [0.05, 0.1) is 39.1 Å². The van der Waals surface area contributed by atoms with Crippen LogP contribution in [0.15, 0.2) is 24.3 Å². The first-order chi connectivity index (χ1) is 17.8. The van der Waals surface area contributed by atoms with Crippen LogP contribution >= 0.6 is 0 Å². The minimum Gasteiger partial charge on any atom is -0.497 e. The van der Waals surface area contributed by atoms with Crippen molar-refractivity contribution in [1.29, 1.82) is 0 Å². The molecule has 0 saturated carbocycles. The minimum atomic E-state index is -4.73.